The molecule has 0 amide bonds. The van der Waals surface area contributed by atoms with E-state index in [1.807, 2.05) is 18.2 Å². The Hall–Kier alpha value is -1.07. The highest BCUT2D eigenvalue weighted by molar-refractivity contribution is 9.11. The molecule has 0 aliphatic carbocycles. The van der Waals surface area contributed by atoms with Gasteiger partial charge in [-0.3, -0.25) is 0 Å². The van der Waals surface area contributed by atoms with Gasteiger partial charge < -0.3 is 10.1 Å². The van der Waals surface area contributed by atoms with Crippen LogP contribution in [0.25, 0.3) is 0 Å². The summed E-state index contributed by atoms with van der Waals surface area (Å²) in [4.78, 5) is 5.40. The highest BCUT2D eigenvalue weighted by Crippen LogP contribution is 2.23. The number of thiophene rings is 1. The number of ether oxygens (including phenoxy) is 1. The van der Waals surface area contributed by atoms with Crippen molar-refractivity contribution in [3.8, 4) is 5.88 Å². The average molecular weight is 299 g/mol. The number of nitrogens with zero attached hydrogens (tertiary/aromatic N) is 1. The Morgan fingerprint density at radius 3 is 2.81 bits per heavy atom. The molecule has 0 aliphatic heterocycles. The summed E-state index contributed by atoms with van der Waals surface area (Å²) in [7, 11) is 1.61. The summed E-state index contributed by atoms with van der Waals surface area (Å²) >= 11 is 5.16. The molecule has 0 unspecified atom stereocenters. The maximum atomic E-state index is 4.99. The molecule has 0 atom stereocenters. The molecule has 3 nitrogen and oxygen atoms in total. The van der Waals surface area contributed by atoms with Crippen molar-refractivity contribution in [2.24, 2.45) is 0 Å². The predicted octanol–water partition coefficient (Wildman–Crippen LogP) is 3.53. The van der Waals surface area contributed by atoms with Crippen LogP contribution in [0.15, 0.2) is 34.2 Å². The standard InChI is InChI=1S/C11H11BrN2OS/c1-15-11-5-2-8(6-14-11)13-7-9-3-4-10(12)16-9/h2-6,13H,7H2,1H3. The zero-order valence-electron chi connectivity index (χ0n) is 8.74. The van der Waals surface area contributed by atoms with E-state index in [0.29, 0.717) is 5.88 Å². The molecule has 84 valence electrons. The van der Waals surface area contributed by atoms with Crippen LogP contribution >= 0.6 is 27.3 Å². The van der Waals surface area contributed by atoms with Crippen LogP contribution in [-0.4, -0.2) is 12.1 Å². The summed E-state index contributed by atoms with van der Waals surface area (Å²) in [5.74, 6) is 0.629. The Labute approximate surface area is 107 Å². The summed E-state index contributed by atoms with van der Waals surface area (Å²) in [6, 6.07) is 7.94. The van der Waals surface area contributed by atoms with Crippen molar-refractivity contribution in [1.82, 2.24) is 4.98 Å². The van der Waals surface area contributed by atoms with Crippen LogP contribution in [0.1, 0.15) is 4.88 Å². The molecule has 0 radical (unpaired) electrons. The molecule has 0 aliphatic rings. The van der Waals surface area contributed by atoms with Gasteiger partial charge in [0.15, 0.2) is 0 Å². The van der Waals surface area contributed by atoms with E-state index in [9.17, 15) is 0 Å². The van der Waals surface area contributed by atoms with Crippen LogP contribution in [0.2, 0.25) is 0 Å². The zero-order chi connectivity index (χ0) is 11.4. The Morgan fingerprint density at radius 2 is 2.25 bits per heavy atom. The van der Waals surface area contributed by atoms with Crippen LogP contribution in [0, 0.1) is 0 Å². The van der Waals surface area contributed by atoms with Gasteiger partial charge in [-0.05, 0) is 34.1 Å². The van der Waals surface area contributed by atoms with Gasteiger partial charge in [0.1, 0.15) is 0 Å². The summed E-state index contributed by atoms with van der Waals surface area (Å²) < 4.78 is 6.14. The van der Waals surface area contributed by atoms with Gasteiger partial charge in [0, 0.05) is 17.5 Å². The first-order chi connectivity index (χ1) is 7.78. The Morgan fingerprint density at radius 1 is 1.38 bits per heavy atom. The van der Waals surface area contributed by atoms with Gasteiger partial charge in [0.05, 0.1) is 22.8 Å². The molecule has 0 aromatic carbocycles. The fraction of sp³-hybridized carbons (Fsp3) is 0.182. The Balaban J connectivity index is 1.94. The number of hydrogen-bond acceptors (Lipinski definition) is 4. The summed E-state index contributed by atoms with van der Waals surface area (Å²) in [5, 5.41) is 3.30. The molecule has 16 heavy (non-hydrogen) atoms. The topological polar surface area (TPSA) is 34.1 Å². The van der Waals surface area contributed by atoms with Crippen LogP contribution in [0.3, 0.4) is 0 Å². The lowest BCUT2D eigenvalue weighted by Gasteiger charge is -2.04. The largest absolute Gasteiger partial charge is 0.481 e. The highest BCUT2D eigenvalue weighted by atomic mass is 79.9. The second kappa shape index (κ2) is 5.32. The molecule has 1 N–H and O–H groups in total. The normalized spacial score (nSPS) is 10.1. The average Bonchev–Trinajstić information content (AvgIpc) is 2.73. The first kappa shape index (κ1) is 11.4. The van der Waals surface area contributed by atoms with Gasteiger partial charge in [-0.1, -0.05) is 0 Å². The molecule has 0 saturated carbocycles. The summed E-state index contributed by atoms with van der Waals surface area (Å²) in [5.41, 5.74) is 0.991. The maximum absolute atomic E-state index is 4.99. The number of pyridine rings is 1. The molecule has 2 aromatic heterocycles. The van der Waals surface area contributed by atoms with Crippen LogP contribution < -0.4 is 10.1 Å². The Bertz CT molecular complexity index is 455. The number of nitrogens with one attached hydrogen (secondary N) is 1. The second-order valence-corrected chi connectivity index (χ2v) is 5.70. The minimum atomic E-state index is 0.629. The number of anilines is 1. The van der Waals surface area contributed by atoms with E-state index in [1.54, 1.807) is 24.6 Å². The first-order valence-corrected chi connectivity index (χ1v) is 6.37. The third kappa shape index (κ3) is 2.96. The van der Waals surface area contributed by atoms with Gasteiger partial charge in [-0.25, -0.2) is 4.98 Å². The van der Waals surface area contributed by atoms with E-state index in [0.717, 1.165) is 16.0 Å². The molecule has 2 rings (SSSR count). The van der Waals surface area contributed by atoms with Gasteiger partial charge in [-0.2, -0.15) is 0 Å². The van der Waals surface area contributed by atoms with E-state index >= 15 is 0 Å². The molecule has 0 spiro atoms. The van der Waals surface area contributed by atoms with Crippen molar-refractivity contribution < 1.29 is 4.74 Å². The van der Waals surface area contributed by atoms with E-state index in [-0.39, 0.29) is 0 Å². The lowest BCUT2D eigenvalue weighted by atomic mass is 10.4. The number of rotatable bonds is 4. The van der Waals surface area contributed by atoms with Gasteiger partial charge in [0.25, 0.3) is 0 Å². The van der Waals surface area contributed by atoms with Crippen molar-refractivity contribution in [3.05, 3.63) is 39.1 Å². The lowest BCUT2D eigenvalue weighted by Crippen LogP contribution is -1.98. The maximum Gasteiger partial charge on any atom is 0.213 e. The van der Waals surface area contributed by atoms with Gasteiger partial charge in [-0.15, -0.1) is 11.3 Å². The quantitative estimate of drug-likeness (QED) is 0.938. The minimum absolute atomic E-state index is 0.629. The van der Waals surface area contributed by atoms with E-state index in [2.05, 4.69) is 32.3 Å². The van der Waals surface area contributed by atoms with Crippen molar-refractivity contribution in [1.29, 1.82) is 0 Å². The monoisotopic (exact) mass is 298 g/mol. The minimum Gasteiger partial charge on any atom is -0.481 e. The second-order valence-electron chi connectivity index (χ2n) is 3.15. The molecule has 0 fully saturated rings. The highest BCUT2D eigenvalue weighted by Gasteiger charge is 1.98. The number of hydrogen-bond donors (Lipinski definition) is 1. The third-order valence-corrected chi connectivity index (χ3v) is 3.66. The fourth-order valence-corrected chi connectivity index (χ4v) is 2.66. The molecule has 2 aromatic rings. The van der Waals surface area contributed by atoms with E-state index in [4.69, 9.17) is 4.74 Å². The third-order valence-electron chi connectivity index (χ3n) is 2.04. The van der Waals surface area contributed by atoms with Gasteiger partial charge in [0.2, 0.25) is 5.88 Å². The fourth-order valence-electron chi connectivity index (χ4n) is 1.24. The lowest BCUT2D eigenvalue weighted by molar-refractivity contribution is 0.398. The number of halogens is 1. The van der Waals surface area contributed by atoms with Crippen molar-refractivity contribution in [2.45, 2.75) is 6.54 Å². The molecular weight excluding hydrogens is 288 g/mol. The van der Waals surface area contributed by atoms with E-state index < -0.39 is 0 Å². The zero-order valence-corrected chi connectivity index (χ0v) is 11.1. The SMILES string of the molecule is COc1ccc(NCc2ccc(Br)s2)cn1. The van der Waals surface area contributed by atoms with Gasteiger partial charge >= 0.3 is 0 Å². The molecular formula is C11H11BrN2OS. The van der Waals surface area contributed by atoms with Crippen molar-refractivity contribution in [3.63, 3.8) is 0 Å². The molecule has 5 heteroatoms. The number of methoxy groups -OCH3 is 1. The Kier molecular flexibility index (Phi) is 3.79. The molecule has 2 heterocycles. The predicted molar refractivity (Wildman–Crippen MR) is 70.1 cm³/mol. The van der Waals surface area contributed by atoms with Crippen LogP contribution in [0.4, 0.5) is 5.69 Å². The van der Waals surface area contributed by atoms with Crippen LogP contribution in [0.5, 0.6) is 5.88 Å². The van der Waals surface area contributed by atoms with E-state index in [1.165, 1.54) is 4.88 Å². The van der Waals surface area contributed by atoms with Crippen LogP contribution in [-0.2, 0) is 6.54 Å². The summed E-state index contributed by atoms with van der Waals surface area (Å²) in [6.07, 6.45) is 1.77. The van der Waals surface area contributed by atoms with Crippen molar-refractivity contribution in [2.75, 3.05) is 12.4 Å². The molecule has 0 bridgehead atoms. The summed E-state index contributed by atoms with van der Waals surface area (Å²) in [6.45, 7) is 0.810. The smallest absolute Gasteiger partial charge is 0.213 e. The number of aromatic nitrogens is 1. The first-order valence-electron chi connectivity index (χ1n) is 4.76. The molecule has 0 saturated heterocycles. The van der Waals surface area contributed by atoms with Crippen molar-refractivity contribution >= 4 is 33.0 Å².